The van der Waals surface area contributed by atoms with Gasteiger partial charge in [0.15, 0.2) is 0 Å². The lowest BCUT2D eigenvalue weighted by Gasteiger charge is -2.32. The van der Waals surface area contributed by atoms with Crippen molar-refractivity contribution >= 4 is 17.5 Å². The molecule has 3 rings (SSSR count). The number of carbonyl (C=O) groups excluding carboxylic acids is 2. The van der Waals surface area contributed by atoms with Crippen molar-refractivity contribution in [3.63, 3.8) is 0 Å². The SMILES string of the molecule is CCOc1ccc(NC(=O)CC(=O)N2CCC(Cc3ccccc3)CC2)cc1. The zero-order valence-electron chi connectivity index (χ0n) is 16.4. The molecule has 2 amide bonds. The van der Waals surface area contributed by atoms with E-state index >= 15 is 0 Å². The summed E-state index contributed by atoms with van der Waals surface area (Å²) < 4.78 is 5.38. The number of nitrogens with zero attached hydrogens (tertiary/aromatic N) is 1. The van der Waals surface area contributed by atoms with E-state index in [0.717, 1.165) is 38.1 Å². The van der Waals surface area contributed by atoms with E-state index in [2.05, 4.69) is 29.6 Å². The highest BCUT2D eigenvalue weighted by Crippen LogP contribution is 2.22. The number of anilines is 1. The van der Waals surface area contributed by atoms with E-state index in [4.69, 9.17) is 4.74 Å². The molecule has 1 aliphatic heterocycles. The molecule has 1 saturated heterocycles. The molecule has 0 unspecified atom stereocenters. The van der Waals surface area contributed by atoms with Crippen molar-refractivity contribution in [3.05, 3.63) is 60.2 Å². The van der Waals surface area contributed by atoms with Crippen LogP contribution < -0.4 is 10.1 Å². The zero-order chi connectivity index (χ0) is 19.8. The molecule has 0 aliphatic carbocycles. The molecule has 2 aromatic carbocycles. The van der Waals surface area contributed by atoms with Crippen LogP contribution in [0.3, 0.4) is 0 Å². The Hall–Kier alpha value is -2.82. The molecule has 0 spiro atoms. The highest BCUT2D eigenvalue weighted by atomic mass is 16.5. The van der Waals surface area contributed by atoms with Crippen LogP contribution in [0.1, 0.15) is 31.7 Å². The molecule has 5 nitrogen and oxygen atoms in total. The smallest absolute Gasteiger partial charge is 0.233 e. The number of nitrogens with one attached hydrogen (secondary N) is 1. The van der Waals surface area contributed by atoms with Crippen LogP contribution in [0.4, 0.5) is 5.69 Å². The number of hydrogen-bond acceptors (Lipinski definition) is 3. The monoisotopic (exact) mass is 380 g/mol. The Morgan fingerprint density at radius 1 is 1.04 bits per heavy atom. The summed E-state index contributed by atoms with van der Waals surface area (Å²) in [6.45, 7) is 3.98. The normalized spacial score (nSPS) is 14.5. The van der Waals surface area contributed by atoms with Gasteiger partial charge in [0.2, 0.25) is 11.8 Å². The van der Waals surface area contributed by atoms with Gasteiger partial charge >= 0.3 is 0 Å². The van der Waals surface area contributed by atoms with Gasteiger partial charge in [0, 0.05) is 18.8 Å². The Bertz CT molecular complexity index is 766. The Balaban J connectivity index is 1.41. The largest absolute Gasteiger partial charge is 0.494 e. The second kappa shape index (κ2) is 9.93. The number of amides is 2. The number of hydrogen-bond donors (Lipinski definition) is 1. The number of piperidine rings is 1. The van der Waals surface area contributed by atoms with Crippen LogP contribution in [0.5, 0.6) is 5.75 Å². The van der Waals surface area contributed by atoms with Crippen molar-refractivity contribution in [3.8, 4) is 5.75 Å². The highest BCUT2D eigenvalue weighted by Gasteiger charge is 2.24. The molecule has 0 atom stereocenters. The quantitative estimate of drug-likeness (QED) is 0.741. The minimum atomic E-state index is -0.277. The number of likely N-dealkylation sites (tertiary alicyclic amines) is 1. The Morgan fingerprint density at radius 2 is 1.71 bits per heavy atom. The van der Waals surface area contributed by atoms with Gasteiger partial charge in [-0.1, -0.05) is 30.3 Å². The molecule has 28 heavy (non-hydrogen) atoms. The van der Waals surface area contributed by atoms with Crippen LogP contribution in [0, 0.1) is 5.92 Å². The first-order valence-electron chi connectivity index (χ1n) is 9.98. The van der Waals surface area contributed by atoms with Gasteiger partial charge in [-0.3, -0.25) is 9.59 Å². The summed E-state index contributed by atoms with van der Waals surface area (Å²) in [5.41, 5.74) is 2.02. The Labute approximate surface area is 166 Å². The van der Waals surface area contributed by atoms with Gasteiger partial charge < -0.3 is 15.0 Å². The van der Waals surface area contributed by atoms with Gasteiger partial charge in [-0.25, -0.2) is 0 Å². The summed E-state index contributed by atoms with van der Waals surface area (Å²) >= 11 is 0. The summed E-state index contributed by atoms with van der Waals surface area (Å²) in [5.74, 6) is 0.987. The lowest BCUT2D eigenvalue weighted by Crippen LogP contribution is -2.40. The number of ether oxygens (including phenoxy) is 1. The summed E-state index contributed by atoms with van der Waals surface area (Å²) in [6.07, 6.45) is 2.92. The molecule has 0 radical (unpaired) electrons. The van der Waals surface area contributed by atoms with E-state index in [-0.39, 0.29) is 18.2 Å². The molecule has 5 heteroatoms. The number of rotatable bonds is 7. The number of benzene rings is 2. The standard InChI is InChI=1S/C23H28N2O3/c1-2-28-21-10-8-20(9-11-21)24-22(26)17-23(27)25-14-12-19(13-15-25)16-18-6-4-3-5-7-18/h3-11,19H,2,12-17H2,1H3,(H,24,26). The van der Waals surface area contributed by atoms with Crippen molar-refractivity contribution in [1.29, 1.82) is 0 Å². The molecular weight excluding hydrogens is 352 g/mol. The van der Waals surface area contributed by atoms with Crippen molar-refractivity contribution in [2.24, 2.45) is 5.92 Å². The van der Waals surface area contributed by atoms with Crippen LogP contribution in [-0.4, -0.2) is 36.4 Å². The molecule has 1 aliphatic rings. The molecule has 0 bridgehead atoms. The fourth-order valence-electron chi connectivity index (χ4n) is 3.59. The summed E-state index contributed by atoms with van der Waals surface area (Å²) in [6, 6.07) is 17.6. The molecule has 1 heterocycles. The third kappa shape index (κ3) is 5.84. The van der Waals surface area contributed by atoms with E-state index in [1.165, 1.54) is 5.56 Å². The topological polar surface area (TPSA) is 58.6 Å². The van der Waals surface area contributed by atoms with Crippen molar-refractivity contribution < 1.29 is 14.3 Å². The van der Waals surface area contributed by atoms with Crippen LogP contribution in [0.2, 0.25) is 0 Å². The van der Waals surface area contributed by atoms with Crippen LogP contribution >= 0.6 is 0 Å². The van der Waals surface area contributed by atoms with Gasteiger partial charge in [-0.15, -0.1) is 0 Å². The highest BCUT2D eigenvalue weighted by molar-refractivity contribution is 6.03. The second-order valence-corrected chi connectivity index (χ2v) is 7.20. The van der Waals surface area contributed by atoms with Crippen LogP contribution in [-0.2, 0) is 16.0 Å². The maximum atomic E-state index is 12.4. The Kier molecular flexibility index (Phi) is 7.06. The first-order valence-corrected chi connectivity index (χ1v) is 9.98. The molecule has 0 saturated carbocycles. The summed E-state index contributed by atoms with van der Waals surface area (Å²) in [7, 11) is 0. The maximum Gasteiger partial charge on any atom is 0.233 e. The van der Waals surface area contributed by atoms with Gasteiger partial charge in [0.05, 0.1) is 6.61 Å². The van der Waals surface area contributed by atoms with E-state index in [0.29, 0.717) is 18.2 Å². The van der Waals surface area contributed by atoms with Gasteiger partial charge in [0.1, 0.15) is 12.2 Å². The van der Waals surface area contributed by atoms with Crippen LogP contribution in [0.15, 0.2) is 54.6 Å². The first-order chi connectivity index (χ1) is 13.6. The minimum Gasteiger partial charge on any atom is -0.494 e. The van der Waals surface area contributed by atoms with Crippen molar-refractivity contribution in [2.75, 3.05) is 25.0 Å². The van der Waals surface area contributed by atoms with E-state index in [1.54, 1.807) is 24.3 Å². The van der Waals surface area contributed by atoms with E-state index in [1.807, 2.05) is 17.9 Å². The fourth-order valence-corrected chi connectivity index (χ4v) is 3.59. The molecule has 1 N–H and O–H groups in total. The molecule has 2 aromatic rings. The molecule has 0 aromatic heterocycles. The van der Waals surface area contributed by atoms with Gasteiger partial charge in [0.25, 0.3) is 0 Å². The first kappa shape index (κ1) is 19.9. The fraction of sp³-hybridized carbons (Fsp3) is 0.391. The molecule has 1 fully saturated rings. The average Bonchev–Trinajstić information content (AvgIpc) is 2.71. The Morgan fingerprint density at radius 3 is 2.36 bits per heavy atom. The van der Waals surface area contributed by atoms with Crippen LogP contribution in [0.25, 0.3) is 0 Å². The number of carbonyl (C=O) groups is 2. The lowest BCUT2D eigenvalue weighted by molar-refractivity contribution is -0.135. The third-order valence-corrected chi connectivity index (χ3v) is 5.10. The second-order valence-electron chi connectivity index (χ2n) is 7.20. The van der Waals surface area contributed by atoms with Gasteiger partial charge in [-0.05, 0) is 61.9 Å². The van der Waals surface area contributed by atoms with E-state index in [9.17, 15) is 9.59 Å². The minimum absolute atomic E-state index is 0.0957. The maximum absolute atomic E-state index is 12.4. The molecular formula is C23H28N2O3. The predicted octanol–water partition coefficient (Wildman–Crippen LogP) is 3.90. The van der Waals surface area contributed by atoms with Crippen molar-refractivity contribution in [1.82, 2.24) is 4.90 Å². The predicted molar refractivity (Wildman–Crippen MR) is 110 cm³/mol. The summed E-state index contributed by atoms with van der Waals surface area (Å²) in [4.78, 5) is 26.5. The van der Waals surface area contributed by atoms with E-state index < -0.39 is 0 Å². The van der Waals surface area contributed by atoms with Gasteiger partial charge in [-0.2, -0.15) is 0 Å². The van der Waals surface area contributed by atoms with Crippen molar-refractivity contribution in [2.45, 2.75) is 32.6 Å². The lowest BCUT2D eigenvalue weighted by atomic mass is 9.90. The third-order valence-electron chi connectivity index (χ3n) is 5.10. The molecule has 148 valence electrons. The average molecular weight is 380 g/mol. The summed E-state index contributed by atoms with van der Waals surface area (Å²) in [5, 5.41) is 2.78. The zero-order valence-corrected chi connectivity index (χ0v) is 16.4.